The summed E-state index contributed by atoms with van der Waals surface area (Å²) in [6.45, 7) is 4.55. The first-order valence-corrected chi connectivity index (χ1v) is 9.09. The summed E-state index contributed by atoms with van der Waals surface area (Å²) >= 11 is 0. The number of anilines is 1. The minimum Gasteiger partial charge on any atom is -0.406 e. The molecule has 3 aliphatic heterocycles. The summed E-state index contributed by atoms with van der Waals surface area (Å²) in [5.74, 6) is 1.06. The van der Waals surface area contributed by atoms with Gasteiger partial charge < -0.3 is 10.1 Å². The molecule has 2 bridgehead atoms. The molecule has 3 saturated heterocycles. The lowest BCUT2D eigenvalue weighted by Crippen LogP contribution is -2.59. The fraction of sp³-hybridized carbons (Fsp3) is 0.474. The van der Waals surface area contributed by atoms with Gasteiger partial charge in [0, 0.05) is 17.6 Å². The molecule has 0 aliphatic carbocycles. The number of fused-ring (bicyclic) bond motifs is 3. The third-order valence-corrected chi connectivity index (χ3v) is 5.52. The Hall–Kier alpha value is -2.35. The number of hydrogen-bond donors (Lipinski definition) is 1. The summed E-state index contributed by atoms with van der Waals surface area (Å²) in [7, 11) is 0. The van der Waals surface area contributed by atoms with E-state index in [0.29, 0.717) is 35.1 Å². The van der Waals surface area contributed by atoms with Gasteiger partial charge >= 0.3 is 6.36 Å². The van der Waals surface area contributed by atoms with Crippen molar-refractivity contribution in [2.75, 3.05) is 18.4 Å². The molecule has 1 aromatic heterocycles. The molecule has 8 heteroatoms. The molecule has 1 aromatic carbocycles. The second-order valence-electron chi connectivity index (χ2n) is 7.16. The number of piperidine rings is 3. The Balaban J connectivity index is 1.47. The molecule has 3 fully saturated rings. The summed E-state index contributed by atoms with van der Waals surface area (Å²) in [4.78, 5) is 2.49. The number of hydrogen-bond acceptors (Lipinski definition) is 5. The molecular formula is C19H21F3N4O. The van der Waals surface area contributed by atoms with Crippen LogP contribution in [0.1, 0.15) is 19.8 Å². The largest absolute Gasteiger partial charge is 0.573 e. The van der Waals surface area contributed by atoms with E-state index >= 15 is 0 Å². The maximum Gasteiger partial charge on any atom is 0.573 e. The van der Waals surface area contributed by atoms with Gasteiger partial charge in [-0.25, -0.2) is 0 Å². The summed E-state index contributed by atoms with van der Waals surface area (Å²) in [5, 5.41) is 11.9. The highest BCUT2D eigenvalue weighted by molar-refractivity contribution is 5.61. The minimum atomic E-state index is -4.72. The molecule has 2 aromatic rings. The van der Waals surface area contributed by atoms with E-state index in [9.17, 15) is 13.2 Å². The molecule has 4 heterocycles. The second-order valence-corrected chi connectivity index (χ2v) is 7.16. The van der Waals surface area contributed by atoms with Gasteiger partial charge in [-0.15, -0.1) is 23.4 Å². The van der Waals surface area contributed by atoms with Crippen LogP contribution in [0.5, 0.6) is 5.75 Å². The highest BCUT2D eigenvalue weighted by Crippen LogP contribution is 2.34. The number of ether oxygens (including phenoxy) is 1. The highest BCUT2D eigenvalue weighted by atomic mass is 19.4. The van der Waals surface area contributed by atoms with Crippen molar-refractivity contribution in [1.29, 1.82) is 0 Å². The van der Waals surface area contributed by atoms with Crippen molar-refractivity contribution in [3.63, 3.8) is 0 Å². The predicted octanol–water partition coefficient (Wildman–Crippen LogP) is 3.94. The van der Waals surface area contributed by atoms with E-state index in [1.807, 2.05) is 6.07 Å². The van der Waals surface area contributed by atoms with E-state index in [2.05, 4.69) is 32.1 Å². The zero-order chi connectivity index (χ0) is 19.0. The average molecular weight is 378 g/mol. The first-order chi connectivity index (χ1) is 12.9. The summed E-state index contributed by atoms with van der Waals surface area (Å²) in [5.41, 5.74) is 1.02. The van der Waals surface area contributed by atoms with Crippen molar-refractivity contribution >= 4 is 5.82 Å². The normalized spacial score (nSPS) is 27.4. The molecular weight excluding hydrogens is 357 g/mol. The molecule has 0 radical (unpaired) electrons. The number of rotatable bonds is 4. The van der Waals surface area contributed by atoms with E-state index in [-0.39, 0.29) is 5.75 Å². The lowest BCUT2D eigenvalue weighted by molar-refractivity contribution is -0.274. The molecule has 0 saturated carbocycles. The number of nitrogens with zero attached hydrogens (tertiary/aromatic N) is 3. The molecule has 0 amide bonds. The maximum atomic E-state index is 12.4. The van der Waals surface area contributed by atoms with Gasteiger partial charge in [0.05, 0.1) is 5.69 Å². The van der Waals surface area contributed by atoms with Crippen molar-refractivity contribution in [1.82, 2.24) is 15.1 Å². The van der Waals surface area contributed by atoms with Crippen LogP contribution >= 0.6 is 0 Å². The molecule has 5 nitrogen and oxygen atoms in total. The zero-order valence-electron chi connectivity index (χ0n) is 14.9. The van der Waals surface area contributed by atoms with Gasteiger partial charge in [-0.1, -0.05) is 12.1 Å². The second kappa shape index (κ2) is 6.99. The van der Waals surface area contributed by atoms with E-state index in [1.54, 1.807) is 12.1 Å². The quantitative estimate of drug-likeness (QED) is 0.874. The molecule has 1 N–H and O–H groups in total. The van der Waals surface area contributed by atoms with E-state index in [1.165, 1.54) is 31.0 Å². The summed E-state index contributed by atoms with van der Waals surface area (Å²) in [6, 6.07) is 10.1. The minimum absolute atomic E-state index is 0.273. The average Bonchev–Trinajstić information content (AvgIpc) is 2.64. The van der Waals surface area contributed by atoms with Gasteiger partial charge in [-0.2, -0.15) is 0 Å². The van der Waals surface area contributed by atoms with E-state index in [0.717, 1.165) is 13.1 Å². The third kappa shape index (κ3) is 4.00. The number of alkyl halides is 3. The van der Waals surface area contributed by atoms with Crippen molar-refractivity contribution in [3.8, 4) is 17.0 Å². The summed E-state index contributed by atoms with van der Waals surface area (Å²) in [6.07, 6.45) is -2.33. The van der Waals surface area contributed by atoms with E-state index in [4.69, 9.17) is 0 Å². The first kappa shape index (κ1) is 18.0. The van der Waals surface area contributed by atoms with Crippen LogP contribution in [0.2, 0.25) is 0 Å². The Labute approximate surface area is 155 Å². The Morgan fingerprint density at radius 3 is 2.52 bits per heavy atom. The van der Waals surface area contributed by atoms with Crippen molar-refractivity contribution < 1.29 is 17.9 Å². The lowest BCUT2D eigenvalue weighted by Gasteiger charge is -2.50. The zero-order valence-corrected chi connectivity index (χ0v) is 14.9. The van der Waals surface area contributed by atoms with Crippen LogP contribution in [-0.2, 0) is 0 Å². The van der Waals surface area contributed by atoms with Gasteiger partial charge in [0.15, 0.2) is 0 Å². The topological polar surface area (TPSA) is 50.3 Å². The Morgan fingerprint density at radius 1 is 1.11 bits per heavy atom. The fourth-order valence-electron chi connectivity index (χ4n) is 4.13. The number of aromatic nitrogens is 2. The molecule has 0 unspecified atom stereocenters. The van der Waals surface area contributed by atoms with Crippen molar-refractivity contribution in [2.24, 2.45) is 5.92 Å². The van der Waals surface area contributed by atoms with Crippen LogP contribution in [0, 0.1) is 5.92 Å². The first-order valence-electron chi connectivity index (χ1n) is 9.09. The molecule has 5 rings (SSSR count). The van der Waals surface area contributed by atoms with Gasteiger partial charge in [0.2, 0.25) is 0 Å². The maximum absolute atomic E-state index is 12.4. The van der Waals surface area contributed by atoms with Crippen molar-refractivity contribution in [2.45, 2.75) is 38.2 Å². The van der Waals surface area contributed by atoms with Crippen LogP contribution in [-0.4, -0.2) is 46.6 Å². The predicted molar refractivity (Wildman–Crippen MR) is 95.3 cm³/mol. The van der Waals surface area contributed by atoms with Crippen LogP contribution in [0.4, 0.5) is 19.0 Å². The number of nitrogens with one attached hydrogen (secondary N) is 1. The molecule has 2 atom stereocenters. The van der Waals surface area contributed by atoms with Gasteiger partial charge in [0.25, 0.3) is 0 Å². The van der Waals surface area contributed by atoms with Gasteiger partial charge in [0.1, 0.15) is 11.6 Å². The molecule has 0 spiro atoms. The Morgan fingerprint density at radius 2 is 1.89 bits per heavy atom. The highest BCUT2D eigenvalue weighted by Gasteiger charge is 2.39. The van der Waals surface area contributed by atoms with Gasteiger partial charge in [-0.3, -0.25) is 4.90 Å². The fourth-order valence-corrected chi connectivity index (χ4v) is 4.13. The van der Waals surface area contributed by atoms with E-state index < -0.39 is 6.36 Å². The van der Waals surface area contributed by atoms with Crippen LogP contribution in [0.25, 0.3) is 11.3 Å². The number of benzene rings is 1. The molecule has 144 valence electrons. The third-order valence-electron chi connectivity index (χ3n) is 5.52. The SMILES string of the molecule is C[C@@H]1[C@H](Nc2ccc(-c3cccc(OC(F)(F)F)c3)nn2)C2CCN1CC2. The molecule has 3 aliphatic rings. The summed E-state index contributed by atoms with van der Waals surface area (Å²) < 4.78 is 41.1. The van der Waals surface area contributed by atoms with Crippen LogP contribution < -0.4 is 10.1 Å². The Bertz CT molecular complexity index is 786. The smallest absolute Gasteiger partial charge is 0.406 e. The van der Waals surface area contributed by atoms with Crippen LogP contribution in [0.3, 0.4) is 0 Å². The van der Waals surface area contributed by atoms with Crippen LogP contribution in [0.15, 0.2) is 36.4 Å². The molecule has 27 heavy (non-hydrogen) atoms. The lowest BCUT2D eigenvalue weighted by atomic mass is 9.79. The van der Waals surface area contributed by atoms with Gasteiger partial charge in [-0.05, 0) is 63.0 Å². The monoisotopic (exact) mass is 378 g/mol. The number of halogens is 3. The van der Waals surface area contributed by atoms with Crippen molar-refractivity contribution in [3.05, 3.63) is 36.4 Å². The Kier molecular flexibility index (Phi) is 4.67. The standard InChI is InChI=1S/C19H21F3N4O/c1-12-18(13-7-9-26(12)10-8-13)23-17-6-5-16(24-25-17)14-3-2-4-15(11-14)27-19(20,21)22/h2-6,11-13,18H,7-10H2,1H3,(H,23,25)/t12-,18+/m1/s1.